The minimum atomic E-state index is -0.503. The van der Waals surface area contributed by atoms with E-state index in [1.807, 2.05) is 18.5 Å². The van der Waals surface area contributed by atoms with Crippen LogP contribution in [0.25, 0.3) is 0 Å². The number of aromatic nitrogens is 6. The summed E-state index contributed by atoms with van der Waals surface area (Å²) in [4.78, 5) is 26.1. The first-order valence-corrected chi connectivity index (χ1v) is 11.3. The maximum atomic E-state index is 12.4. The molecule has 0 aromatic carbocycles. The van der Waals surface area contributed by atoms with Crippen LogP contribution in [0.15, 0.2) is 27.9 Å². The van der Waals surface area contributed by atoms with E-state index in [0.717, 1.165) is 21.6 Å². The van der Waals surface area contributed by atoms with Crippen molar-refractivity contribution in [3.63, 3.8) is 0 Å². The Kier molecular flexibility index (Phi) is 5.41. The molecule has 2 aromatic rings. The molecule has 0 bridgehead atoms. The molecule has 2 atom stereocenters. The highest BCUT2D eigenvalue weighted by atomic mass is 32.2. The van der Waals surface area contributed by atoms with E-state index < -0.39 is 6.04 Å². The van der Waals surface area contributed by atoms with Crippen LogP contribution in [0.1, 0.15) is 5.82 Å². The third-order valence-electron chi connectivity index (χ3n) is 4.02. The van der Waals surface area contributed by atoms with Gasteiger partial charge in [-0.2, -0.15) is 10.3 Å². The molecule has 13 heteroatoms. The minimum absolute atomic E-state index is 0.00237. The summed E-state index contributed by atoms with van der Waals surface area (Å²) in [6, 6.07) is 1.51. The Hall–Kier alpha value is -1.99. The number of carbonyl (C=O) groups is 2. The molecule has 1 saturated heterocycles. The van der Waals surface area contributed by atoms with Gasteiger partial charge in [-0.1, -0.05) is 5.21 Å². The number of H-pyrrole nitrogens is 2. The quantitative estimate of drug-likeness (QED) is 0.423. The van der Waals surface area contributed by atoms with Gasteiger partial charge in [-0.05, 0) is 11.8 Å². The van der Waals surface area contributed by atoms with E-state index in [1.165, 1.54) is 5.57 Å². The maximum Gasteiger partial charge on any atom is 0.253 e. The topological polar surface area (TPSA) is 133 Å². The Morgan fingerprint density at radius 2 is 2.37 bits per heavy atom. The van der Waals surface area contributed by atoms with Crippen molar-refractivity contribution in [1.29, 1.82) is 0 Å². The van der Waals surface area contributed by atoms with Crippen LogP contribution in [0.5, 0.6) is 0 Å². The van der Waals surface area contributed by atoms with E-state index in [-0.39, 0.29) is 23.6 Å². The highest BCUT2D eigenvalue weighted by Gasteiger charge is 2.49. The van der Waals surface area contributed by atoms with Crippen molar-refractivity contribution in [3.05, 3.63) is 23.7 Å². The van der Waals surface area contributed by atoms with Crippen molar-refractivity contribution in [2.24, 2.45) is 0 Å². The molecule has 2 amide bonds. The monoisotopic (exact) mass is 424 g/mol. The van der Waals surface area contributed by atoms with Crippen LogP contribution in [0.3, 0.4) is 0 Å². The van der Waals surface area contributed by atoms with Gasteiger partial charge in [-0.15, -0.1) is 45.5 Å². The first kappa shape index (κ1) is 18.4. The number of nitrogens with one attached hydrogen (secondary N) is 3. The first-order chi connectivity index (χ1) is 13.1. The Balaban J connectivity index is 1.29. The SMILES string of the molecule is CSc1cc(SCC2=CN3C(=O)C(NC(=O)Cc4nn[nH]n4)[C@H]3SC2)[nH]n1. The number of amides is 2. The van der Waals surface area contributed by atoms with E-state index in [4.69, 9.17) is 0 Å². The summed E-state index contributed by atoms with van der Waals surface area (Å²) in [5.41, 5.74) is 1.17. The third kappa shape index (κ3) is 3.99. The van der Waals surface area contributed by atoms with Gasteiger partial charge in [0.05, 0.1) is 11.4 Å². The second-order valence-corrected chi connectivity index (χ2v) is 8.80. The van der Waals surface area contributed by atoms with Crippen LogP contribution in [-0.4, -0.2) is 76.7 Å². The van der Waals surface area contributed by atoms with Gasteiger partial charge in [0.25, 0.3) is 5.91 Å². The summed E-state index contributed by atoms with van der Waals surface area (Å²) >= 11 is 4.91. The van der Waals surface area contributed by atoms with Gasteiger partial charge in [0.1, 0.15) is 16.4 Å². The minimum Gasteiger partial charge on any atom is -0.341 e. The molecule has 10 nitrogen and oxygen atoms in total. The molecule has 142 valence electrons. The number of carbonyl (C=O) groups excluding carboxylic acids is 2. The lowest BCUT2D eigenvalue weighted by molar-refractivity contribution is -0.144. The Bertz CT molecular complexity index is 868. The summed E-state index contributed by atoms with van der Waals surface area (Å²) in [6.45, 7) is 0. The highest BCUT2D eigenvalue weighted by molar-refractivity contribution is 8.01. The first-order valence-electron chi connectivity index (χ1n) is 8.01. The number of nitrogens with zero attached hydrogens (tertiary/aromatic N) is 5. The Labute approximate surface area is 167 Å². The summed E-state index contributed by atoms with van der Waals surface area (Å²) in [7, 11) is 0. The molecule has 0 aliphatic carbocycles. The summed E-state index contributed by atoms with van der Waals surface area (Å²) < 4.78 is 0. The van der Waals surface area contributed by atoms with E-state index in [9.17, 15) is 9.59 Å². The molecular formula is C14H16N8O2S3. The largest absolute Gasteiger partial charge is 0.341 e. The normalized spacial score (nSPS) is 21.4. The zero-order valence-electron chi connectivity index (χ0n) is 14.2. The van der Waals surface area contributed by atoms with Crippen LogP contribution < -0.4 is 5.32 Å². The predicted molar refractivity (Wildman–Crippen MR) is 102 cm³/mol. The van der Waals surface area contributed by atoms with E-state index in [2.05, 4.69) is 36.1 Å². The van der Waals surface area contributed by atoms with Gasteiger partial charge < -0.3 is 10.2 Å². The molecule has 4 heterocycles. The molecule has 3 N–H and O–H groups in total. The molecule has 2 aliphatic heterocycles. The fourth-order valence-electron chi connectivity index (χ4n) is 2.70. The van der Waals surface area contributed by atoms with E-state index >= 15 is 0 Å². The van der Waals surface area contributed by atoms with Crippen molar-refractivity contribution < 1.29 is 9.59 Å². The molecular weight excluding hydrogens is 408 g/mol. The van der Waals surface area contributed by atoms with Crippen molar-refractivity contribution in [1.82, 2.24) is 41.0 Å². The zero-order chi connectivity index (χ0) is 18.8. The second kappa shape index (κ2) is 7.94. The Morgan fingerprint density at radius 1 is 1.48 bits per heavy atom. The van der Waals surface area contributed by atoms with Crippen molar-refractivity contribution in [2.45, 2.75) is 27.9 Å². The lowest BCUT2D eigenvalue weighted by atomic mass is 10.1. The number of hydrogen-bond acceptors (Lipinski definition) is 9. The Morgan fingerprint density at radius 3 is 3.11 bits per heavy atom. The van der Waals surface area contributed by atoms with Crippen molar-refractivity contribution in [2.75, 3.05) is 17.8 Å². The number of hydrogen-bond donors (Lipinski definition) is 3. The van der Waals surface area contributed by atoms with Gasteiger partial charge in [0.15, 0.2) is 5.82 Å². The average molecular weight is 425 g/mol. The van der Waals surface area contributed by atoms with Crippen LogP contribution >= 0.6 is 35.3 Å². The molecule has 4 rings (SSSR count). The third-order valence-corrected chi connectivity index (χ3v) is 7.06. The summed E-state index contributed by atoms with van der Waals surface area (Å²) in [5.74, 6) is 1.53. The molecule has 0 radical (unpaired) electrons. The fourth-order valence-corrected chi connectivity index (χ4v) is 5.36. The molecule has 1 fully saturated rings. The molecule has 2 aromatic heterocycles. The predicted octanol–water partition coefficient (Wildman–Crippen LogP) is 0.263. The lowest BCUT2D eigenvalue weighted by Crippen LogP contribution is -2.68. The smallest absolute Gasteiger partial charge is 0.253 e. The van der Waals surface area contributed by atoms with Crippen molar-refractivity contribution >= 4 is 47.1 Å². The molecule has 1 unspecified atom stereocenters. The number of rotatable bonds is 7. The standard InChI is InChI=1S/C14H16N8O2S3/c1-25-10-3-11(19-18-10)26-5-7-4-22-13(24)12(14(22)27-6-7)15-9(23)2-8-16-20-21-17-8/h3-4,12,14H,2,5-6H2,1H3,(H,15,23)(H,18,19)(H,16,17,20,21)/t12?,14-/m1/s1. The molecule has 27 heavy (non-hydrogen) atoms. The van der Waals surface area contributed by atoms with Gasteiger partial charge in [0.2, 0.25) is 5.91 Å². The van der Waals surface area contributed by atoms with Crippen LogP contribution in [-0.2, 0) is 16.0 Å². The van der Waals surface area contributed by atoms with Gasteiger partial charge in [-0.3, -0.25) is 14.7 Å². The lowest BCUT2D eigenvalue weighted by Gasteiger charge is -2.47. The molecule has 2 aliphatic rings. The summed E-state index contributed by atoms with van der Waals surface area (Å²) in [5, 5.41) is 25.0. The van der Waals surface area contributed by atoms with Crippen molar-refractivity contribution in [3.8, 4) is 0 Å². The number of β-lactam (4-membered cyclic amide) rings is 1. The highest BCUT2D eigenvalue weighted by Crippen LogP contribution is 2.37. The van der Waals surface area contributed by atoms with Gasteiger partial charge >= 0.3 is 0 Å². The summed E-state index contributed by atoms with van der Waals surface area (Å²) in [6.07, 6.45) is 3.89. The number of aromatic amines is 2. The van der Waals surface area contributed by atoms with Crippen LogP contribution in [0.4, 0.5) is 0 Å². The van der Waals surface area contributed by atoms with Gasteiger partial charge in [0, 0.05) is 23.8 Å². The second-order valence-electron chi connectivity index (χ2n) is 5.85. The van der Waals surface area contributed by atoms with E-state index in [0.29, 0.717) is 5.82 Å². The van der Waals surface area contributed by atoms with Crippen LogP contribution in [0.2, 0.25) is 0 Å². The van der Waals surface area contributed by atoms with Crippen LogP contribution in [0, 0.1) is 0 Å². The fraction of sp³-hybridized carbons (Fsp3) is 0.429. The molecule has 0 spiro atoms. The zero-order valence-corrected chi connectivity index (χ0v) is 16.7. The molecule has 0 saturated carbocycles. The average Bonchev–Trinajstić information content (AvgIpc) is 3.35. The van der Waals surface area contributed by atoms with E-state index in [1.54, 1.807) is 40.2 Å². The maximum absolute atomic E-state index is 12.4. The number of tetrazole rings is 1. The number of thioether (sulfide) groups is 3. The van der Waals surface area contributed by atoms with Gasteiger partial charge in [-0.25, -0.2) is 0 Å². The number of fused-ring (bicyclic) bond motifs is 1.